The van der Waals surface area contributed by atoms with Crippen LogP contribution in [0, 0.1) is 0 Å². The molecule has 31 heavy (non-hydrogen) atoms. The van der Waals surface area contributed by atoms with Gasteiger partial charge in [0, 0.05) is 49.9 Å². The minimum absolute atomic E-state index is 0.195. The number of hydrogen-bond acceptors (Lipinski definition) is 6. The van der Waals surface area contributed by atoms with E-state index in [0.29, 0.717) is 23.5 Å². The number of carbonyl (C=O) groups is 1. The fourth-order valence-electron chi connectivity index (χ4n) is 4.74. The van der Waals surface area contributed by atoms with Gasteiger partial charge in [-0.05, 0) is 52.5 Å². The van der Waals surface area contributed by atoms with Crippen LogP contribution < -0.4 is 10.5 Å². The van der Waals surface area contributed by atoms with Gasteiger partial charge in [0.1, 0.15) is 11.4 Å². The first kappa shape index (κ1) is 21.7. The van der Waals surface area contributed by atoms with Crippen molar-refractivity contribution in [3.63, 3.8) is 0 Å². The summed E-state index contributed by atoms with van der Waals surface area (Å²) in [5, 5.41) is 5.85. The van der Waals surface area contributed by atoms with E-state index in [1.165, 1.54) is 0 Å². The number of nitrogens with zero attached hydrogens (tertiary/aromatic N) is 4. The molecule has 4 rings (SSSR count). The second kappa shape index (κ2) is 8.57. The zero-order chi connectivity index (χ0) is 22.2. The molecule has 2 heterocycles. The lowest BCUT2D eigenvalue weighted by Crippen LogP contribution is -2.53. The lowest BCUT2D eigenvalue weighted by Gasteiger charge is -2.42. The summed E-state index contributed by atoms with van der Waals surface area (Å²) in [6, 6.07) is 4.85. The first-order chi connectivity index (χ1) is 14.7. The van der Waals surface area contributed by atoms with Gasteiger partial charge in [0.15, 0.2) is 0 Å². The Bertz CT molecular complexity index is 919. The van der Waals surface area contributed by atoms with E-state index in [0.717, 1.165) is 62.8 Å². The number of hydrogen-bond donors (Lipinski definition) is 1. The Morgan fingerprint density at radius 1 is 1.06 bits per heavy atom. The zero-order valence-electron chi connectivity index (χ0n) is 19.1. The van der Waals surface area contributed by atoms with Crippen LogP contribution in [0.4, 0.5) is 10.5 Å². The van der Waals surface area contributed by atoms with Gasteiger partial charge in [-0.25, -0.2) is 4.79 Å². The van der Waals surface area contributed by atoms with E-state index >= 15 is 0 Å². The van der Waals surface area contributed by atoms with Crippen molar-refractivity contribution >= 4 is 22.7 Å². The molecule has 2 fully saturated rings. The van der Waals surface area contributed by atoms with Gasteiger partial charge in [0.05, 0.1) is 24.4 Å². The third-order valence-corrected chi connectivity index (χ3v) is 6.40. The summed E-state index contributed by atoms with van der Waals surface area (Å²) >= 11 is 0. The van der Waals surface area contributed by atoms with Crippen molar-refractivity contribution in [1.29, 1.82) is 0 Å². The van der Waals surface area contributed by atoms with E-state index < -0.39 is 5.60 Å². The van der Waals surface area contributed by atoms with Crippen molar-refractivity contribution < 1.29 is 14.3 Å². The standard InChI is InChI=1S/C23H35N5O3/c1-23(2,3)31-22(29)27-11-9-26(10-12-27)17-5-7-18(8-6-17)28-15-16-13-19(24)21(30-4)14-20(16)25-28/h13-15,17-18H,5-12,24H2,1-4H3. The van der Waals surface area contributed by atoms with Crippen LogP contribution in [0.15, 0.2) is 18.3 Å². The fraction of sp³-hybridized carbons (Fsp3) is 0.652. The number of nitrogens with two attached hydrogens (primary N) is 1. The van der Waals surface area contributed by atoms with Crippen molar-refractivity contribution in [2.75, 3.05) is 39.0 Å². The number of fused-ring (bicyclic) bond motifs is 1. The van der Waals surface area contributed by atoms with E-state index in [9.17, 15) is 4.79 Å². The van der Waals surface area contributed by atoms with Gasteiger partial charge in [-0.3, -0.25) is 9.58 Å². The van der Waals surface area contributed by atoms with E-state index in [4.69, 9.17) is 20.3 Å². The Labute approximate surface area is 184 Å². The molecular formula is C23H35N5O3. The summed E-state index contributed by atoms with van der Waals surface area (Å²) in [7, 11) is 1.63. The summed E-state index contributed by atoms with van der Waals surface area (Å²) in [4.78, 5) is 16.7. The Hall–Kier alpha value is -2.48. The molecular weight excluding hydrogens is 394 g/mol. The highest BCUT2D eigenvalue weighted by molar-refractivity contribution is 5.84. The molecule has 2 aromatic rings. The van der Waals surface area contributed by atoms with Crippen LogP contribution in [0.3, 0.4) is 0 Å². The first-order valence-electron chi connectivity index (χ1n) is 11.3. The Morgan fingerprint density at radius 3 is 2.32 bits per heavy atom. The Morgan fingerprint density at radius 2 is 1.71 bits per heavy atom. The molecule has 1 aliphatic carbocycles. The molecule has 8 nitrogen and oxygen atoms in total. The maximum atomic E-state index is 12.3. The number of benzene rings is 1. The normalized spacial score (nSPS) is 23.2. The summed E-state index contributed by atoms with van der Waals surface area (Å²) < 4.78 is 12.9. The van der Waals surface area contributed by atoms with Crippen LogP contribution in [-0.4, -0.2) is 70.6 Å². The molecule has 1 aliphatic heterocycles. The predicted octanol–water partition coefficient (Wildman–Crippen LogP) is 3.66. The van der Waals surface area contributed by atoms with Crippen LogP contribution in [-0.2, 0) is 4.74 Å². The number of anilines is 1. The molecule has 2 aliphatic rings. The number of nitrogen functional groups attached to an aromatic ring is 1. The third kappa shape index (κ3) is 4.89. The number of amides is 1. The van der Waals surface area contributed by atoms with Crippen LogP contribution in [0.25, 0.3) is 10.9 Å². The summed E-state index contributed by atoms with van der Waals surface area (Å²) in [6.45, 7) is 9.04. The van der Waals surface area contributed by atoms with Crippen LogP contribution in [0.5, 0.6) is 5.75 Å². The van der Waals surface area contributed by atoms with Crippen molar-refractivity contribution in [3.8, 4) is 5.75 Å². The minimum Gasteiger partial charge on any atom is -0.495 e. The number of piperazine rings is 1. The van der Waals surface area contributed by atoms with Crippen molar-refractivity contribution in [1.82, 2.24) is 19.6 Å². The minimum atomic E-state index is -0.444. The average Bonchev–Trinajstić information content (AvgIpc) is 3.15. The van der Waals surface area contributed by atoms with Crippen LogP contribution in [0.2, 0.25) is 0 Å². The number of methoxy groups -OCH3 is 1. The van der Waals surface area contributed by atoms with Crippen LogP contribution in [0.1, 0.15) is 52.5 Å². The van der Waals surface area contributed by atoms with E-state index in [1.54, 1.807) is 7.11 Å². The molecule has 0 atom stereocenters. The highest BCUT2D eigenvalue weighted by Gasteiger charge is 2.31. The highest BCUT2D eigenvalue weighted by Crippen LogP contribution is 2.34. The third-order valence-electron chi connectivity index (χ3n) is 6.40. The van der Waals surface area contributed by atoms with Gasteiger partial charge >= 0.3 is 6.09 Å². The summed E-state index contributed by atoms with van der Waals surface area (Å²) in [6.07, 6.45) is 6.43. The quantitative estimate of drug-likeness (QED) is 0.750. The van der Waals surface area contributed by atoms with Crippen molar-refractivity contribution in [3.05, 3.63) is 18.3 Å². The monoisotopic (exact) mass is 429 g/mol. The smallest absolute Gasteiger partial charge is 0.410 e. The second-order valence-electron chi connectivity index (χ2n) is 9.73. The van der Waals surface area contributed by atoms with Crippen molar-refractivity contribution in [2.45, 2.75) is 64.1 Å². The largest absolute Gasteiger partial charge is 0.495 e. The topological polar surface area (TPSA) is 85.8 Å². The van der Waals surface area contributed by atoms with Crippen LogP contribution >= 0.6 is 0 Å². The number of carbonyl (C=O) groups excluding carboxylic acids is 1. The highest BCUT2D eigenvalue weighted by atomic mass is 16.6. The number of rotatable bonds is 3. The van der Waals surface area contributed by atoms with Gasteiger partial charge in [0.2, 0.25) is 0 Å². The second-order valence-corrected chi connectivity index (χ2v) is 9.73. The van der Waals surface area contributed by atoms with Gasteiger partial charge in [-0.1, -0.05) is 0 Å². The first-order valence-corrected chi connectivity index (χ1v) is 11.3. The molecule has 2 N–H and O–H groups in total. The molecule has 0 unspecified atom stereocenters. The molecule has 8 heteroatoms. The van der Waals surface area contributed by atoms with Gasteiger partial charge in [-0.2, -0.15) is 5.10 Å². The van der Waals surface area contributed by atoms with Crippen molar-refractivity contribution in [2.24, 2.45) is 0 Å². The molecule has 0 bridgehead atoms. The molecule has 1 aromatic carbocycles. The summed E-state index contributed by atoms with van der Waals surface area (Å²) in [5.74, 6) is 0.673. The maximum Gasteiger partial charge on any atom is 0.410 e. The molecule has 170 valence electrons. The van der Waals surface area contributed by atoms with E-state index in [1.807, 2.05) is 37.8 Å². The molecule has 1 saturated heterocycles. The SMILES string of the molecule is COc1cc2nn(C3CCC(N4CCN(C(=O)OC(C)(C)C)CC4)CC3)cc2cc1N. The van der Waals surface area contributed by atoms with E-state index in [2.05, 4.69) is 15.8 Å². The molecule has 1 saturated carbocycles. The number of ether oxygens (including phenoxy) is 2. The Balaban J connectivity index is 1.30. The van der Waals surface area contributed by atoms with Gasteiger partial charge in [0.25, 0.3) is 0 Å². The molecule has 0 spiro atoms. The average molecular weight is 430 g/mol. The van der Waals surface area contributed by atoms with Gasteiger partial charge < -0.3 is 20.1 Å². The molecule has 1 aromatic heterocycles. The molecule has 1 amide bonds. The fourth-order valence-corrected chi connectivity index (χ4v) is 4.74. The molecule has 0 radical (unpaired) electrons. The van der Waals surface area contributed by atoms with Gasteiger partial charge in [-0.15, -0.1) is 0 Å². The number of aromatic nitrogens is 2. The summed E-state index contributed by atoms with van der Waals surface area (Å²) in [5.41, 5.74) is 7.17. The van der Waals surface area contributed by atoms with E-state index in [-0.39, 0.29) is 6.09 Å². The maximum absolute atomic E-state index is 12.3. The lowest BCUT2D eigenvalue weighted by atomic mass is 9.90. The Kier molecular flexibility index (Phi) is 6.01. The predicted molar refractivity (Wildman–Crippen MR) is 121 cm³/mol. The zero-order valence-corrected chi connectivity index (χ0v) is 19.1. The lowest BCUT2D eigenvalue weighted by molar-refractivity contribution is 0.00722.